The number of hydrogen-bond donors (Lipinski definition) is 2. The first-order valence-electron chi connectivity index (χ1n) is 14.6. The molecule has 0 saturated carbocycles. The van der Waals surface area contributed by atoms with Crippen LogP contribution in [0.4, 0.5) is 0 Å². The third-order valence-corrected chi connectivity index (χ3v) is 5.63. The first kappa shape index (κ1) is 36.3. The number of allylic oxidation sites excluding steroid dienone is 11. The van der Waals surface area contributed by atoms with Gasteiger partial charge in [-0.3, -0.25) is 9.59 Å². The molecule has 0 bridgehead atoms. The lowest BCUT2D eigenvalue weighted by atomic mass is 10.1. The molecule has 6 nitrogen and oxygen atoms in total. The van der Waals surface area contributed by atoms with E-state index in [4.69, 9.17) is 9.47 Å². The SMILES string of the molecule is CC/C=C\C/C=C\C/C=C\C/C=C\C/C=C\C=C/C(O)CCC(=O)O[C@@H](CO)COC(=O)CCCCCCC. The smallest absolute Gasteiger partial charge is 0.306 e. The Hall–Kier alpha value is -2.70. The second kappa shape index (κ2) is 28.3. The van der Waals surface area contributed by atoms with Gasteiger partial charge < -0.3 is 19.7 Å². The summed E-state index contributed by atoms with van der Waals surface area (Å²) in [7, 11) is 0. The summed E-state index contributed by atoms with van der Waals surface area (Å²) in [5.41, 5.74) is 0. The van der Waals surface area contributed by atoms with E-state index in [2.05, 4.69) is 62.5 Å². The monoisotopic (exact) mass is 544 g/mol. The number of aliphatic hydroxyl groups is 2. The molecule has 0 heterocycles. The highest BCUT2D eigenvalue weighted by atomic mass is 16.6. The zero-order chi connectivity index (χ0) is 28.8. The maximum Gasteiger partial charge on any atom is 0.306 e. The van der Waals surface area contributed by atoms with Crippen LogP contribution < -0.4 is 0 Å². The van der Waals surface area contributed by atoms with Crippen LogP contribution in [-0.4, -0.2) is 47.6 Å². The summed E-state index contributed by atoms with van der Waals surface area (Å²) >= 11 is 0. The maximum absolute atomic E-state index is 12.0. The highest BCUT2D eigenvalue weighted by Crippen LogP contribution is 2.07. The van der Waals surface area contributed by atoms with Crippen molar-refractivity contribution >= 4 is 11.9 Å². The molecule has 2 atom stereocenters. The van der Waals surface area contributed by atoms with Crippen molar-refractivity contribution in [1.29, 1.82) is 0 Å². The van der Waals surface area contributed by atoms with Gasteiger partial charge in [-0.15, -0.1) is 0 Å². The highest BCUT2D eigenvalue weighted by molar-refractivity contribution is 5.70. The van der Waals surface area contributed by atoms with Gasteiger partial charge in [-0.05, 0) is 44.9 Å². The van der Waals surface area contributed by atoms with Crippen LogP contribution in [0.1, 0.15) is 97.3 Å². The van der Waals surface area contributed by atoms with Crippen molar-refractivity contribution in [3.8, 4) is 0 Å². The van der Waals surface area contributed by atoms with E-state index in [-0.39, 0.29) is 25.4 Å². The van der Waals surface area contributed by atoms with E-state index in [1.165, 1.54) is 0 Å². The number of carbonyl (C=O) groups is 2. The van der Waals surface area contributed by atoms with Crippen LogP contribution in [-0.2, 0) is 19.1 Å². The molecular formula is C33H52O6. The molecule has 0 radical (unpaired) electrons. The zero-order valence-electron chi connectivity index (χ0n) is 24.2. The third-order valence-electron chi connectivity index (χ3n) is 5.63. The lowest BCUT2D eigenvalue weighted by Crippen LogP contribution is -2.28. The number of rotatable bonds is 24. The van der Waals surface area contributed by atoms with E-state index in [9.17, 15) is 19.8 Å². The molecule has 0 rings (SSSR count). The minimum absolute atomic E-state index is 0.000944. The molecule has 2 N–H and O–H groups in total. The van der Waals surface area contributed by atoms with E-state index in [1.807, 2.05) is 12.2 Å². The van der Waals surface area contributed by atoms with Gasteiger partial charge >= 0.3 is 11.9 Å². The second-order valence-electron chi connectivity index (χ2n) is 9.30. The van der Waals surface area contributed by atoms with Crippen molar-refractivity contribution in [3.05, 3.63) is 72.9 Å². The van der Waals surface area contributed by atoms with E-state index in [1.54, 1.807) is 12.2 Å². The largest absolute Gasteiger partial charge is 0.462 e. The Labute approximate surface area is 236 Å². The highest BCUT2D eigenvalue weighted by Gasteiger charge is 2.16. The summed E-state index contributed by atoms with van der Waals surface area (Å²) in [5, 5.41) is 19.4. The molecule has 0 aromatic rings. The number of ether oxygens (including phenoxy) is 2. The number of hydrogen-bond acceptors (Lipinski definition) is 6. The summed E-state index contributed by atoms with van der Waals surface area (Å²) in [6, 6.07) is 0. The molecule has 6 heteroatoms. The lowest BCUT2D eigenvalue weighted by Gasteiger charge is -2.16. The molecule has 0 aliphatic heterocycles. The Morgan fingerprint density at radius 2 is 1.31 bits per heavy atom. The van der Waals surface area contributed by atoms with E-state index >= 15 is 0 Å². The Balaban J connectivity index is 3.96. The fraction of sp³-hybridized carbons (Fsp3) is 0.576. The molecule has 1 unspecified atom stereocenters. The normalized spacial score (nSPS) is 14.1. The predicted molar refractivity (Wildman–Crippen MR) is 160 cm³/mol. The molecular weight excluding hydrogens is 492 g/mol. The Kier molecular flexibility index (Phi) is 26.4. The standard InChI is InChI=1S/C33H52O6/c1-3-5-7-9-10-11-12-13-14-15-16-17-18-19-21-22-24-30(35)26-27-33(37)39-31(28-34)29-38-32(36)25-23-20-8-6-4-2/h5,7,10-11,13-14,16-17,19,21-22,24,30-31,34-35H,3-4,6,8-9,12,15,18,20,23,25-29H2,1-2H3/b7-5-,11-10-,14-13-,17-16-,21-19-,24-22-/t30?,31-/m0/s1. The first-order chi connectivity index (χ1) is 19.0. The van der Waals surface area contributed by atoms with Crippen molar-refractivity contribution in [2.75, 3.05) is 13.2 Å². The van der Waals surface area contributed by atoms with Gasteiger partial charge in [0.25, 0.3) is 0 Å². The van der Waals surface area contributed by atoms with E-state index in [0.29, 0.717) is 6.42 Å². The molecule has 0 fully saturated rings. The third kappa shape index (κ3) is 26.7. The van der Waals surface area contributed by atoms with Crippen molar-refractivity contribution in [2.45, 2.75) is 110 Å². The topological polar surface area (TPSA) is 93.1 Å². The van der Waals surface area contributed by atoms with Gasteiger partial charge in [0, 0.05) is 12.8 Å². The Morgan fingerprint density at radius 3 is 1.90 bits per heavy atom. The molecule has 0 aliphatic rings. The Morgan fingerprint density at radius 1 is 0.718 bits per heavy atom. The minimum atomic E-state index is -0.893. The number of aliphatic hydroxyl groups excluding tert-OH is 2. The second-order valence-corrected chi connectivity index (χ2v) is 9.30. The molecule has 0 saturated heterocycles. The average molecular weight is 545 g/mol. The summed E-state index contributed by atoms with van der Waals surface area (Å²) < 4.78 is 10.3. The van der Waals surface area contributed by atoms with E-state index < -0.39 is 24.8 Å². The zero-order valence-corrected chi connectivity index (χ0v) is 24.2. The molecule has 39 heavy (non-hydrogen) atoms. The number of carbonyl (C=O) groups excluding carboxylic acids is 2. The van der Waals surface area contributed by atoms with Gasteiger partial charge in [-0.2, -0.15) is 0 Å². The van der Waals surface area contributed by atoms with Gasteiger partial charge in [0.05, 0.1) is 12.7 Å². The van der Waals surface area contributed by atoms with Crippen molar-refractivity contribution in [3.63, 3.8) is 0 Å². The molecule has 0 spiro atoms. The van der Waals surface area contributed by atoms with Crippen molar-refractivity contribution < 1.29 is 29.3 Å². The Bertz CT molecular complexity index is 775. The molecule has 220 valence electrons. The van der Waals surface area contributed by atoms with Crippen LogP contribution in [0, 0.1) is 0 Å². The fourth-order valence-corrected chi connectivity index (χ4v) is 3.37. The van der Waals surface area contributed by atoms with Crippen LogP contribution in [0.2, 0.25) is 0 Å². The van der Waals surface area contributed by atoms with Crippen LogP contribution in [0.15, 0.2) is 72.9 Å². The predicted octanol–water partition coefficient (Wildman–Crippen LogP) is 7.24. The van der Waals surface area contributed by atoms with Gasteiger partial charge in [0.2, 0.25) is 0 Å². The molecule has 0 amide bonds. The minimum Gasteiger partial charge on any atom is -0.462 e. The molecule has 0 aromatic carbocycles. The van der Waals surface area contributed by atoms with Gasteiger partial charge in [0.15, 0.2) is 6.10 Å². The van der Waals surface area contributed by atoms with Gasteiger partial charge in [-0.25, -0.2) is 0 Å². The van der Waals surface area contributed by atoms with Crippen LogP contribution in [0.25, 0.3) is 0 Å². The first-order valence-corrected chi connectivity index (χ1v) is 14.6. The van der Waals surface area contributed by atoms with Gasteiger partial charge in [0.1, 0.15) is 6.61 Å². The van der Waals surface area contributed by atoms with Crippen LogP contribution in [0.5, 0.6) is 0 Å². The summed E-state index contributed by atoms with van der Waals surface area (Å²) in [4.78, 5) is 23.8. The maximum atomic E-state index is 12.0. The van der Waals surface area contributed by atoms with Crippen molar-refractivity contribution in [2.24, 2.45) is 0 Å². The van der Waals surface area contributed by atoms with Gasteiger partial charge in [-0.1, -0.05) is 112 Å². The quantitative estimate of drug-likeness (QED) is 0.0576. The average Bonchev–Trinajstić information content (AvgIpc) is 2.93. The van der Waals surface area contributed by atoms with Crippen LogP contribution in [0.3, 0.4) is 0 Å². The fourth-order valence-electron chi connectivity index (χ4n) is 3.37. The summed E-state index contributed by atoms with van der Waals surface area (Å²) in [6.07, 6.45) is 33.2. The van der Waals surface area contributed by atoms with E-state index in [0.717, 1.165) is 64.2 Å². The van der Waals surface area contributed by atoms with Crippen molar-refractivity contribution in [1.82, 2.24) is 0 Å². The molecule has 0 aliphatic carbocycles. The lowest BCUT2D eigenvalue weighted by molar-refractivity contribution is -0.161. The summed E-state index contributed by atoms with van der Waals surface area (Å²) in [6.45, 7) is 3.68. The van der Waals surface area contributed by atoms with Crippen LogP contribution >= 0.6 is 0 Å². The molecule has 0 aromatic heterocycles. The summed E-state index contributed by atoms with van der Waals surface area (Å²) in [5.74, 6) is -0.899. The number of unbranched alkanes of at least 4 members (excludes halogenated alkanes) is 4. The number of esters is 2.